The van der Waals surface area contributed by atoms with Crippen LogP contribution in [0.5, 0.6) is 0 Å². The van der Waals surface area contributed by atoms with Crippen molar-refractivity contribution in [3.05, 3.63) is 0 Å². The molecular weight excluding hydrogens is 445 g/mol. The standard InChI is InChI=1S/C24H48NO7P/c1-5-6-7-8-9-10-11-12-13-14-15-16-17-20-19-30-33(28,29)32-22(20)21(18-26)25-23(27)31-24(2,3)4/h20-22,26H,5-19H2,1-4H3,(H,25,27)(H,28,29)/t20-,21+,22+/m1/s1. The van der Waals surface area contributed by atoms with Crippen molar-refractivity contribution in [3.8, 4) is 0 Å². The minimum absolute atomic E-state index is 0.0585. The van der Waals surface area contributed by atoms with Crippen molar-refractivity contribution >= 4 is 13.9 Å². The molecule has 9 heteroatoms. The third-order valence-corrected chi connectivity index (χ3v) is 6.88. The molecule has 1 amide bonds. The molecule has 0 radical (unpaired) electrons. The van der Waals surface area contributed by atoms with Gasteiger partial charge in [-0.15, -0.1) is 0 Å². The summed E-state index contributed by atoms with van der Waals surface area (Å²) < 4.78 is 27.5. The summed E-state index contributed by atoms with van der Waals surface area (Å²) >= 11 is 0. The fourth-order valence-electron chi connectivity index (χ4n) is 4.14. The molecule has 1 aliphatic heterocycles. The number of carbonyl (C=O) groups excluding carboxylic acids is 1. The van der Waals surface area contributed by atoms with E-state index in [0.717, 1.165) is 25.7 Å². The van der Waals surface area contributed by atoms with E-state index in [1.165, 1.54) is 57.8 Å². The van der Waals surface area contributed by atoms with Gasteiger partial charge in [0, 0.05) is 5.92 Å². The van der Waals surface area contributed by atoms with Gasteiger partial charge in [0.25, 0.3) is 0 Å². The monoisotopic (exact) mass is 493 g/mol. The van der Waals surface area contributed by atoms with E-state index in [9.17, 15) is 19.4 Å². The number of aliphatic hydroxyl groups is 1. The number of phosphoric acid groups is 1. The van der Waals surface area contributed by atoms with E-state index in [2.05, 4.69) is 12.2 Å². The molecule has 1 aliphatic rings. The van der Waals surface area contributed by atoms with Crippen LogP contribution >= 0.6 is 7.82 Å². The molecule has 8 nitrogen and oxygen atoms in total. The van der Waals surface area contributed by atoms with E-state index in [-0.39, 0.29) is 12.5 Å². The van der Waals surface area contributed by atoms with Gasteiger partial charge in [-0.05, 0) is 27.2 Å². The molecule has 1 rings (SSSR count). The van der Waals surface area contributed by atoms with Crippen LogP contribution in [-0.2, 0) is 18.3 Å². The number of phosphoric ester groups is 1. The van der Waals surface area contributed by atoms with Crippen molar-refractivity contribution < 1.29 is 33.1 Å². The van der Waals surface area contributed by atoms with Gasteiger partial charge in [0.1, 0.15) is 5.60 Å². The average Bonchev–Trinajstić information content (AvgIpc) is 2.72. The Kier molecular flexibility index (Phi) is 14.8. The molecule has 1 heterocycles. The predicted molar refractivity (Wildman–Crippen MR) is 130 cm³/mol. The number of amides is 1. The number of aliphatic hydroxyl groups excluding tert-OH is 1. The summed E-state index contributed by atoms with van der Waals surface area (Å²) in [7, 11) is -4.20. The van der Waals surface area contributed by atoms with Crippen molar-refractivity contribution in [1.82, 2.24) is 5.32 Å². The quantitative estimate of drug-likeness (QED) is 0.176. The fourth-order valence-corrected chi connectivity index (χ4v) is 5.21. The number of hydrogen-bond acceptors (Lipinski definition) is 6. The third-order valence-electron chi connectivity index (χ3n) is 5.90. The molecule has 196 valence electrons. The number of unbranched alkanes of at least 4 members (excludes halogenated alkanes) is 11. The van der Waals surface area contributed by atoms with Crippen LogP contribution in [0.2, 0.25) is 0 Å². The molecule has 0 aromatic heterocycles. The van der Waals surface area contributed by atoms with Crippen molar-refractivity contribution in [3.63, 3.8) is 0 Å². The van der Waals surface area contributed by atoms with Crippen LogP contribution < -0.4 is 5.32 Å². The van der Waals surface area contributed by atoms with Gasteiger partial charge in [0.05, 0.1) is 25.4 Å². The topological polar surface area (TPSA) is 114 Å². The van der Waals surface area contributed by atoms with Crippen LogP contribution in [-0.4, -0.2) is 47.1 Å². The molecule has 1 unspecified atom stereocenters. The number of carbonyl (C=O) groups is 1. The third kappa shape index (κ3) is 14.4. The van der Waals surface area contributed by atoms with E-state index >= 15 is 0 Å². The van der Waals surface area contributed by atoms with E-state index in [4.69, 9.17) is 13.8 Å². The summed E-state index contributed by atoms with van der Waals surface area (Å²) in [5.41, 5.74) is -0.693. The molecule has 1 fully saturated rings. The molecule has 1 saturated heterocycles. The number of ether oxygens (including phenoxy) is 1. The summed E-state index contributed by atoms with van der Waals surface area (Å²) in [6.45, 7) is 7.09. The molecule has 0 aromatic rings. The second-order valence-electron chi connectivity index (χ2n) is 10.2. The molecular formula is C24H48NO7P. The lowest BCUT2D eigenvalue weighted by Crippen LogP contribution is -2.52. The Morgan fingerprint density at radius 2 is 1.55 bits per heavy atom. The Balaban J connectivity index is 2.37. The van der Waals surface area contributed by atoms with Gasteiger partial charge in [-0.25, -0.2) is 9.36 Å². The Morgan fingerprint density at radius 3 is 2.03 bits per heavy atom. The first-order valence-corrected chi connectivity index (χ1v) is 14.3. The summed E-state index contributed by atoms with van der Waals surface area (Å²) in [5, 5.41) is 12.4. The van der Waals surface area contributed by atoms with Crippen LogP contribution in [0.25, 0.3) is 0 Å². The summed E-state index contributed by atoms with van der Waals surface area (Å²) in [5.74, 6) is -0.200. The zero-order valence-corrected chi connectivity index (χ0v) is 22.1. The van der Waals surface area contributed by atoms with Crippen LogP contribution in [0.1, 0.15) is 111 Å². The Bertz CT molecular complexity index is 582. The van der Waals surface area contributed by atoms with Crippen molar-refractivity contribution in [2.75, 3.05) is 13.2 Å². The SMILES string of the molecule is CCCCCCCCCCCCCC[C@@H]1COP(=O)(O)O[C@@H]1[C@H](CO)NC(=O)OC(C)(C)C. The van der Waals surface area contributed by atoms with Gasteiger partial charge in [-0.2, -0.15) is 0 Å². The number of hydrogen-bond donors (Lipinski definition) is 3. The van der Waals surface area contributed by atoms with Crippen molar-refractivity contribution in [2.45, 2.75) is 129 Å². The van der Waals surface area contributed by atoms with Crippen LogP contribution in [0.15, 0.2) is 0 Å². The second-order valence-corrected chi connectivity index (χ2v) is 11.6. The molecule has 33 heavy (non-hydrogen) atoms. The predicted octanol–water partition coefficient (Wildman–Crippen LogP) is 6.10. The number of alkyl carbamates (subject to hydrolysis) is 1. The minimum Gasteiger partial charge on any atom is -0.444 e. The van der Waals surface area contributed by atoms with Gasteiger partial charge in [-0.1, -0.05) is 84.0 Å². The smallest absolute Gasteiger partial charge is 0.444 e. The highest BCUT2D eigenvalue weighted by Gasteiger charge is 2.43. The second kappa shape index (κ2) is 16.1. The Morgan fingerprint density at radius 1 is 1.03 bits per heavy atom. The van der Waals surface area contributed by atoms with Crippen LogP contribution in [0.3, 0.4) is 0 Å². The van der Waals surface area contributed by atoms with Crippen LogP contribution in [0.4, 0.5) is 4.79 Å². The fraction of sp³-hybridized carbons (Fsp3) is 0.958. The number of rotatable bonds is 16. The highest BCUT2D eigenvalue weighted by molar-refractivity contribution is 7.47. The van der Waals surface area contributed by atoms with E-state index in [1.54, 1.807) is 20.8 Å². The van der Waals surface area contributed by atoms with Crippen molar-refractivity contribution in [2.24, 2.45) is 5.92 Å². The highest BCUT2D eigenvalue weighted by atomic mass is 31.2. The molecule has 0 saturated carbocycles. The first-order valence-electron chi connectivity index (χ1n) is 12.8. The van der Waals surface area contributed by atoms with Gasteiger partial charge in [0.2, 0.25) is 0 Å². The zero-order chi connectivity index (χ0) is 24.7. The largest absolute Gasteiger partial charge is 0.472 e. The van der Waals surface area contributed by atoms with Crippen LogP contribution in [0, 0.1) is 5.92 Å². The summed E-state index contributed by atoms with van der Waals surface area (Å²) in [6.07, 6.45) is 14.2. The molecule has 0 bridgehead atoms. The van der Waals surface area contributed by atoms with Gasteiger partial charge in [0.15, 0.2) is 0 Å². The summed E-state index contributed by atoms with van der Waals surface area (Å²) in [4.78, 5) is 21.9. The van der Waals surface area contributed by atoms with Gasteiger partial charge < -0.3 is 20.1 Å². The maximum Gasteiger partial charge on any atom is 0.472 e. The van der Waals surface area contributed by atoms with E-state index in [0.29, 0.717) is 0 Å². The summed E-state index contributed by atoms with van der Waals surface area (Å²) in [6, 6.07) is -0.855. The molecule has 0 aliphatic carbocycles. The highest BCUT2D eigenvalue weighted by Crippen LogP contribution is 2.51. The Labute approximate surface area is 200 Å². The van der Waals surface area contributed by atoms with Gasteiger partial charge >= 0.3 is 13.9 Å². The lowest BCUT2D eigenvalue weighted by atomic mass is 9.91. The van der Waals surface area contributed by atoms with E-state index < -0.39 is 38.3 Å². The molecule has 0 aromatic carbocycles. The molecule has 0 spiro atoms. The first-order chi connectivity index (χ1) is 15.6. The zero-order valence-electron chi connectivity index (χ0n) is 21.2. The molecule has 3 N–H and O–H groups in total. The maximum atomic E-state index is 12.1. The lowest BCUT2D eigenvalue weighted by molar-refractivity contribution is -0.0342. The first kappa shape index (κ1) is 30.4. The maximum absolute atomic E-state index is 12.1. The van der Waals surface area contributed by atoms with Gasteiger partial charge in [-0.3, -0.25) is 9.05 Å². The van der Waals surface area contributed by atoms with Crippen molar-refractivity contribution in [1.29, 1.82) is 0 Å². The number of nitrogens with one attached hydrogen (secondary N) is 1. The average molecular weight is 494 g/mol. The Hall–Kier alpha value is -0.660. The normalized spacial score (nSPS) is 24.4. The van der Waals surface area contributed by atoms with E-state index in [1.807, 2.05) is 0 Å². The lowest BCUT2D eigenvalue weighted by Gasteiger charge is -2.37. The minimum atomic E-state index is -4.20. The molecule has 4 atom stereocenters.